The van der Waals surface area contributed by atoms with Crippen LogP contribution in [0, 0.1) is 0 Å². The molecule has 14 heavy (non-hydrogen) atoms. The molecular weight excluding hydrogens is 208 g/mol. The molecule has 0 fully saturated rings. The molecule has 0 aliphatic rings. The van der Waals surface area contributed by atoms with Crippen LogP contribution in [0.5, 0.6) is 0 Å². The van der Waals surface area contributed by atoms with E-state index in [4.69, 9.17) is 0 Å². The number of rotatable bonds is 5. The van der Waals surface area contributed by atoms with Gasteiger partial charge in [-0.2, -0.15) is 25.3 Å². The fraction of sp³-hybridized carbons (Fsp3) is 0.500. The summed E-state index contributed by atoms with van der Waals surface area (Å²) in [4.78, 5) is 0. The molecule has 0 spiro atoms. The molecule has 1 aromatic rings. The first-order valence-corrected chi connectivity index (χ1v) is 6.27. The highest BCUT2D eigenvalue weighted by molar-refractivity contribution is 7.80. The minimum absolute atomic E-state index is 0.335. The highest BCUT2D eigenvalue weighted by Crippen LogP contribution is 2.23. The fourth-order valence-corrected chi connectivity index (χ4v) is 2.07. The molecule has 0 aliphatic carbocycles. The van der Waals surface area contributed by atoms with E-state index in [1.54, 1.807) is 0 Å². The maximum atomic E-state index is 4.49. The Balaban J connectivity index is 2.64. The van der Waals surface area contributed by atoms with Crippen molar-refractivity contribution in [2.75, 3.05) is 5.75 Å². The average molecular weight is 226 g/mol. The van der Waals surface area contributed by atoms with Crippen LogP contribution in [-0.4, -0.2) is 5.75 Å². The summed E-state index contributed by atoms with van der Waals surface area (Å²) in [6.45, 7) is 2.13. The molecule has 0 saturated carbocycles. The Morgan fingerprint density at radius 2 is 1.93 bits per heavy atom. The molecule has 0 saturated heterocycles. The standard InChI is InChI=1S/C12H18S2/c1-10(14)12-8-3-2-6-11(12)7-4-5-9-13/h2-3,6,8,10,13-14H,4-5,7,9H2,1H3. The highest BCUT2D eigenvalue weighted by Gasteiger charge is 2.05. The van der Waals surface area contributed by atoms with Crippen LogP contribution in [0.2, 0.25) is 0 Å². The van der Waals surface area contributed by atoms with Gasteiger partial charge in [0.15, 0.2) is 0 Å². The summed E-state index contributed by atoms with van der Waals surface area (Å²) >= 11 is 8.71. The molecule has 0 radical (unpaired) electrons. The molecule has 78 valence electrons. The number of hydrogen-bond donors (Lipinski definition) is 2. The smallest absolute Gasteiger partial charge is 0.0241 e. The van der Waals surface area contributed by atoms with Gasteiger partial charge in [0.25, 0.3) is 0 Å². The van der Waals surface area contributed by atoms with Crippen LogP contribution >= 0.6 is 25.3 Å². The van der Waals surface area contributed by atoms with Crippen LogP contribution in [0.15, 0.2) is 24.3 Å². The van der Waals surface area contributed by atoms with E-state index in [2.05, 4.69) is 56.4 Å². The first-order chi connectivity index (χ1) is 6.75. The molecule has 0 aromatic heterocycles. The van der Waals surface area contributed by atoms with Crippen molar-refractivity contribution >= 4 is 25.3 Å². The summed E-state index contributed by atoms with van der Waals surface area (Å²) in [6, 6.07) is 8.58. The first kappa shape index (κ1) is 12.0. The highest BCUT2D eigenvalue weighted by atomic mass is 32.1. The van der Waals surface area contributed by atoms with Gasteiger partial charge in [-0.05, 0) is 43.1 Å². The van der Waals surface area contributed by atoms with Gasteiger partial charge in [0.1, 0.15) is 0 Å². The third kappa shape index (κ3) is 3.58. The lowest BCUT2D eigenvalue weighted by atomic mass is 10.0. The van der Waals surface area contributed by atoms with Gasteiger partial charge in [0, 0.05) is 5.25 Å². The zero-order valence-corrected chi connectivity index (χ0v) is 10.4. The SMILES string of the molecule is CC(S)c1ccccc1CCCCS. The molecule has 1 atom stereocenters. The summed E-state index contributed by atoms with van der Waals surface area (Å²) in [7, 11) is 0. The lowest BCUT2D eigenvalue weighted by Crippen LogP contribution is -1.95. The van der Waals surface area contributed by atoms with Gasteiger partial charge < -0.3 is 0 Å². The van der Waals surface area contributed by atoms with Gasteiger partial charge in [-0.1, -0.05) is 24.3 Å². The van der Waals surface area contributed by atoms with E-state index in [9.17, 15) is 0 Å². The Bertz CT molecular complexity index is 269. The van der Waals surface area contributed by atoms with Gasteiger partial charge in [-0.25, -0.2) is 0 Å². The van der Waals surface area contributed by atoms with Crippen molar-refractivity contribution in [1.29, 1.82) is 0 Å². The van der Waals surface area contributed by atoms with E-state index in [1.807, 2.05) is 0 Å². The molecule has 0 N–H and O–H groups in total. The molecule has 0 heterocycles. The Morgan fingerprint density at radius 3 is 2.57 bits per heavy atom. The molecule has 2 heteroatoms. The predicted molar refractivity (Wildman–Crippen MR) is 70.6 cm³/mol. The van der Waals surface area contributed by atoms with Gasteiger partial charge in [0.2, 0.25) is 0 Å². The van der Waals surface area contributed by atoms with E-state index in [0.29, 0.717) is 5.25 Å². The van der Waals surface area contributed by atoms with Crippen molar-refractivity contribution in [1.82, 2.24) is 0 Å². The fourth-order valence-electron chi connectivity index (χ4n) is 1.60. The lowest BCUT2D eigenvalue weighted by molar-refractivity contribution is 0.795. The zero-order valence-electron chi connectivity index (χ0n) is 8.61. The Labute approximate surface area is 97.9 Å². The van der Waals surface area contributed by atoms with E-state index >= 15 is 0 Å². The molecule has 0 amide bonds. The maximum absolute atomic E-state index is 4.49. The number of aryl methyl sites for hydroxylation is 1. The summed E-state index contributed by atoms with van der Waals surface area (Å²) in [6.07, 6.45) is 3.57. The second-order valence-electron chi connectivity index (χ2n) is 3.56. The quantitative estimate of drug-likeness (QED) is 0.551. The van der Waals surface area contributed by atoms with Crippen molar-refractivity contribution in [2.24, 2.45) is 0 Å². The van der Waals surface area contributed by atoms with Crippen molar-refractivity contribution in [2.45, 2.75) is 31.4 Å². The van der Waals surface area contributed by atoms with Gasteiger partial charge >= 0.3 is 0 Å². The van der Waals surface area contributed by atoms with Crippen LogP contribution < -0.4 is 0 Å². The van der Waals surface area contributed by atoms with Gasteiger partial charge in [0.05, 0.1) is 0 Å². The molecule has 1 rings (SSSR count). The van der Waals surface area contributed by atoms with Crippen LogP contribution in [0.1, 0.15) is 36.1 Å². The third-order valence-electron chi connectivity index (χ3n) is 2.36. The second-order valence-corrected chi connectivity index (χ2v) is 4.78. The van der Waals surface area contributed by atoms with E-state index in [1.165, 1.54) is 24.0 Å². The zero-order chi connectivity index (χ0) is 10.4. The van der Waals surface area contributed by atoms with Crippen LogP contribution in [0.3, 0.4) is 0 Å². The predicted octanol–water partition coefficient (Wildman–Crippen LogP) is 3.93. The molecule has 0 nitrogen and oxygen atoms in total. The van der Waals surface area contributed by atoms with Gasteiger partial charge in [-0.15, -0.1) is 0 Å². The number of unbranched alkanes of at least 4 members (excludes halogenated alkanes) is 1. The van der Waals surface area contributed by atoms with E-state index in [0.717, 1.165) is 12.2 Å². The summed E-state index contributed by atoms with van der Waals surface area (Å²) in [5.74, 6) is 0.985. The van der Waals surface area contributed by atoms with Crippen LogP contribution in [0.4, 0.5) is 0 Å². The van der Waals surface area contributed by atoms with Crippen molar-refractivity contribution in [3.8, 4) is 0 Å². The normalized spacial score (nSPS) is 12.8. The Morgan fingerprint density at radius 1 is 1.21 bits per heavy atom. The Kier molecular flexibility index (Phi) is 5.49. The number of hydrogen-bond acceptors (Lipinski definition) is 2. The summed E-state index contributed by atoms with van der Waals surface area (Å²) in [5.41, 5.74) is 2.81. The molecule has 0 aliphatic heterocycles. The van der Waals surface area contributed by atoms with Crippen LogP contribution in [0.25, 0.3) is 0 Å². The second kappa shape index (κ2) is 6.41. The Hall–Kier alpha value is -0.0800. The van der Waals surface area contributed by atoms with Gasteiger partial charge in [-0.3, -0.25) is 0 Å². The summed E-state index contributed by atoms with van der Waals surface area (Å²) < 4.78 is 0. The molecule has 1 aromatic carbocycles. The monoisotopic (exact) mass is 226 g/mol. The third-order valence-corrected chi connectivity index (χ3v) is 2.95. The minimum atomic E-state index is 0.335. The van der Waals surface area contributed by atoms with E-state index < -0.39 is 0 Å². The van der Waals surface area contributed by atoms with Crippen molar-refractivity contribution < 1.29 is 0 Å². The van der Waals surface area contributed by atoms with Crippen molar-refractivity contribution in [3.63, 3.8) is 0 Å². The largest absolute Gasteiger partial charge is 0.179 e. The van der Waals surface area contributed by atoms with Crippen LogP contribution in [-0.2, 0) is 6.42 Å². The molecule has 1 unspecified atom stereocenters. The van der Waals surface area contributed by atoms with Crippen molar-refractivity contribution in [3.05, 3.63) is 35.4 Å². The number of thiol groups is 2. The molecule has 0 bridgehead atoms. The topological polar surface area (TPSA) is 0 Å². The maximum Gasteiger partial charge on any atom is 0.0241 e. The first-order valence-electron chi connectivity index (χ1n) is 5.12. The minimum Gasteiger partial charge on any atom is -0.179 e. The average Bonchev–Trinajstić information content (AvgIpc) is 2.19. The van der Waals surface area contributed by atoms with E-state index in [-0.39, 0.29) is 0 Å². The molecular formula is C12H18S2. The lowest BCUT2D eigenvalue weighted by Gasteiger charge is -2.11. The summed E-state index contributed by atoms with van der Waals surface area (Å²) in [5, 5.41) is 0.335. The number of benzene rings is 1.